The van der Waals surface area contributed by atoms with Crippen LogP contribution in [0.5, 0.6) is 0 Å². The normalized spacial score (nSPS) is 0. The summed E-state index contributed by atoms with van der Waals surface area (Å²) in [5.74, 6) is 0. The Hall–Kier alpha value is 6.71. The third-order valence-corrected chi connectivity index (χ3v) is 0. The Kier molecular flexibility index (Phi) is 2470. The van der Waals surface area contributed by atoms with Crippen molar-refractivity contribution in [1.82, 2.24) is 0 Å². The van der Waals surface area contributed by atoms with Crippen LogP contribution in [-0.4, -0.2) is 225 Å². The smallest absolute Gasteiger partial charge is 0 e. The Labute approximate surface area is 252 Å². The van der Waals surface area contributed by atoms with Gasteiger partial charge in [0.15, 0.2) is 0 Å². The third-order valence-electron chi connectivity index (χ3n) is 0. The summed E-state index contributed by atoms with van der Waals surface area (Å²) in [6.07, 6.45) is 0. The van der Waals surface area contributed by atoms with E-state index in [0.717, 1.165) is 0 Å². The van der Waals surface area contributed by atoms with Gasteiger partial charge in [-0.15, -0.1) is 0 Å². The van der Waals surface area contributed by atoms with E-state index in [1.807, 2.05) is 0 Å². The molecular weight excluding hydrogens is 888 g/mol. The van der Waals surface area contributed by atoms with Gasteiger partial charge >= 0.3 is 0 Å². The molecule has 0 aromatic rings. The van der Waals surface area contributed by atoms with Gasteiger partial charge in [-0.3, -0.25) is 0 Å². The van der Waals surface area contributed by atoms with Gasteiger partial charge in [0, 0.05) is 215 Å². The van der Waals surface area contributed by atoms with Crippen LogP contribution in [0.1, 0.15) is 0 Å². The van der Waals surface area contributed by atoms with Crippen LogP contribution in [-0.2, 0) is 34.1 Å². The fourth-order valence-electron chi connectivity index (χ4n) is 0. The van der Waals surface area contributed by atoms with Crippen molar-refractivity contribution < 1.29 is 77.9 Å². The molecule has 0 saturated carbocycles. The molecular formula is H16Bi2CaCu2O8Sr2. The topological polar surface area (TPSA) is 252 Å². The maximum absolute atomic E-state index is 0. The van der Waals surface area contributed by atoms with Gasteiger partial charge < -0.3 is 43.8 Å². The average Bonchev–Trinajstić information content (AvgIpc) is 0. The quantitative estimate of drug-likeness (QED) is 0.206. The Morgan fingerprint density at radius 3 is 0.333 bits per heavy atom. The maximum atomic E-state index is 0. The van der Waals surface area contributed by atoms with Crippen molar-refractivity contribution in [3.05, 3.63) is 0 Å². The van der Waals surface area contributed by atoms with Crippen LogP contribution in [0.15, 0.2) is 0 Å². The van der Waals surface area contributed by atoms with Crippen molar-refractivity contribution in [2.24, 2.45) is 0 Å². The predicted molar refractivity (Wildman–Crippen MR) is 57.7 cm³/mol. The van der Waals surface area contributed by atoms with Gasteiger partial charge in [-0.05, 0) is 0 Å². The Morgan fingerprint density at radius 2 is 0.333 bits per heavy atom. The fraction of sp³-hybridized carbons (Fsp3) is 0. The first-order valence-electron chi connectivity index (χ1n) is 0. The molecule has 0 fully saturated rings. The molecule has 14 radical (unpaired) electrons. The third kappa shape index (κ3) is 161. The molecule has 15 heteroatoms. The van der Waals surface area contributed by atoms with Crippen molar-refractivity contribution in [3.8, 4) is 0 Å². The Bertz CT molecular complexity index is 28.6. The molecule has 0 unspecified atom stereocenters. The first-order valence-corrected chi connectivity index (χ1v) is 0. The summed E-state index contributed by atoms with van der Waals surface area (Å²) in [5.41, 5.74) is 0. The van der Waals surface area contributed by atoms with Crippen LogP contribution in [0.4, 0.5) is 0 Å². The SMILES string of the molecule is O.O.O.O.O.O.O.O.[Bi].[Bi].[Ca].[Cu].[Cu].[Sr].[Sr]. The molecule has 0 saturated heterocycles. The predicted octanol–water partition coefficient (Wildman–Crippen LogP) is -8.51. The molecule has 0 spiro atoms. The summed E-state index contributed by atoms with van der Waals surface area (Å²) in [4.78, 5) is 0. The standard InChI is InChI=1S/2Bi.Ca.2Cu.8H2O.2Sr/h;;;;;8*1H2;;. The largest absolute Gasteiger partial charge is 0.412 e. The van der Waals surface area contributed by atoms with Crippen LogP contribution in [0, 0.1) is 0 Å². The maximum Gasteiger partial charge on any atom is 0 e. The molecule has 0 rings (SSSR count). The Balaban J connectivity index is 0. The number of rotatable bonds is 0. The molecule has 8 nitrogen and oxygen atoms in total. The molecule has 102 valence electrons. The molecule has 0 aliphatic rings. The van der Waals surface area contributed by atoms with E-state index in [-0.39, 0.29) is 259 Å². The molecule has 0 aromatic carbocycles. The number of hydrogen-bond acceptors (Lipinski definition) is 0. The molecule has 0 aliphatic heterocycles. The van der Waals surface area contributed by atoms with Crippen molar-refractivity contribution in [2.75, 3.05) is 0 Å². The molecule has 0 amide bonds. The minimum absolute atomic E-state index is 0. The fourth-order valence-corrected chi connectivity index (χ4v) is 0. The zero-order valence-corrected chi connectivity index (χ0v) is 25.6. The minimum atomic E-state index is 0. The van der Waals surface area contributed by atoms with Crippen LogP contribution in [0.2, 0.25) is 0 Å². The number of hydrogen-bond donors (Lipinski definition) is 0. The van der Waals surface area contributed by atoms with Crippen molar-refractivity contribution in [2.45, 2.75) is 0 Å². The van der Waals surface area contributed by atoms with Gasteiger partial charge in [0.25, 0.3) is 0 Å². The zero-order chi connectivity index (χ0) is 0. The summed E-state index contributed by atoms with van der Waals surface area (Å²) < 4.78 is 0. The summed E-state index contributed by atoms with van der Waals surface area (Å²) >= 11 is 0. The van der Waals surface area contributed by atoms with E-state index in [9.17, 15) is 0 Å². The minimum Gasteiger partial charge on any atom is -0.412 e. The second-order valence-electron chi connectivity index (χ2n) is 0. The van der Waals surface area contributed by atoms with Crippen LogP contribution >= 0.6 is 0 Å². The molecule has 15 heavy (non-hydrogen) atoms. The van der Waals surface area contributed by atoms with Gasteiger partial charge in [-0.2, -0.15) is 0 Å². The zero-order valence-electron chi connectivity index (χ0n) is 7.62. The van der Waals surface area contributed by atoms with Gasteiger partial charge in [-0.1, -0.05) is 0 Å². The van der Waals surface area contributed by atoms with Crippen LogP contribution in [0.3, 0.4) is 0 Å². The van der Waals surface area contributed by atoms with Crippen molar-refractivity contribution in [1.29, 1.82) is 0 Å². The molecule has 0 heterocycles. The van der Waals surface area contributed by atoms with Crippen LogP contribution < -0.4 is 0 Å². The average molecular weight is 904 g/mol. The van der Waals surface area contributed by atoms with E-state index in [1.54, 1.807) is 0 Å². The van der Waals surface area contributed by atoms with Gasteiger partial charge in [-0.25, -0.2) is 0 Å². The van der Waals surface area contributed by atoms with E-state index >= 15 is 0 Å². The summed E-state index contributed by atoms with van der Waals surface area (Å²) in [7, 11) is 0. The molecule has 0 bridgehead atoms. The second kappa shape index (κ2) is 179. The molecule has 0 aliphatic carbocycles. The van der Waals surface area contributed by atoms with Crippen LogP contribution in [0.25, 0.3) is 0 Å². The first-order chi connectivity index (χ1) is 0. The molecule has 0 atom stereocenters. The van der Waals surface area contributed by atoms with Gasteiger partial charge in [0.05, 0.1) is 0 Å². The van der Waals surface area contributed by atoms with E-state index in [1.165, 1.54) is 0 Å². The van der Waals surface area contributed by atoms with E-state index in [2.05, 4.69) is 0 Å². The van der Waals surface area contributed by atoms with Crippen molar-refractivity contribution in [3.63, 3.8) is 0 Å². The monoisotopic (exact) mass is 904 g/mol. The van der Waals surface area contributed by atoms with Gasteiger partial charge in [0.2, 0.25) is 0 Å². The van der Waals surface area contributed by atoms with Crippen molar-refractivity contribution >= 4 is 181 Å². The summed E-state index contributed by atoms with van der Waals surface area (Å²) in [5, 5.41) is 0. The summed E-state index contributed by atoms with van der Waals surface area (Å²) in [6, 6.07) is 0. The molecule has 0 aromatic heterocycles. The van der Waals surface area contributed by atoms with E-state index in [0.29, 0.717) is 0 Å². The first kappa shape index (κ1) is 207. The molecule has 16 N–H and O–H groups in total. The summed E-state index contributed by atoms with van der Waals surface area (Å²) in [6.45, 7) is 0. The van der Waals surface area contributed by atoms with E-state index < -0.39 is 0 Å². The van der Waals surface area contributed by atoms with Gasteiger partial charge in [0.1, 0.15) is 0 Å². The van der Waals surface area contributed by atoms with E-state index in [4.69, 9.17) is 0 Å². The Morgan fingerprint density at radius 1 is 0.333 bits per heavy atom. The second-order valence-corrected chi connectivity index (χ2v) is 0.